The molecule has 2 atom stereocenters. The Morgan fingerprint density at radius 2 is 1.56 bits per heavy atom. The second kappa shape index (κ2) is 6.60. The minimum Gasteiger partial charge on any atom is -0.497 e. The van der Waals surface area contributed by atoms with Crippen molar-refractivity contribution in [3.63, 3.8) is 0 Å². The van der Waals surface area contributed by atoms with Crippen molar-refractivity contribution in [1.82, 2.24) is 10.3 Å². The molecule has 4 aromatic rings. The molecule has 0 saturated carbocycles. The molecule has 0 spiro atoms. The highest BCUT2D eigenvalue weighted by atomic mass is 16.5. The number of rotatable bonds is 3. The molecule has 1 aliphatic rings. The third-order valence-corrected chi connectivity index (χ3v) is 5.59. The van der Waals surface area contributed by atoms with E-state index in [1.54, 1.807) is 7.11 Å². The number of benzene rings is 3. The number of methoxy groups -OCH3 is 1. The van der Waals surface area contributed by atoms with Crippen LogP contribution in [0.3, 0.4) is 0 Å². The fraction of sp³-hybridized carbons (Fsp3) is 0.167. The Kier molecular flexibility index (Phi) is 3.95. The maximum atomic E-state index is 5.33. The van der Waals surface area contributed by atoms with Gasteiger partial charge in [-0.2, -0.15) is 0 Å². The SMILES string of the molecule is COc1ccc([C@@H]2CN[C@H](c3ccccc3)c3[nH]c4ccccc4c32)cc1. The zero-order valence-electron chi connectivity index (χ0n) is 15.3. The first-order chi connectivity index (χ1) is 13.3. The summed E-state index contributed by atoms with van der Waals surface area (Å²) in [5, 5.41) is 5.08. The fourth-order valence-corrected chi connectivity index (χ4v) is 4.28. The zero-order valence-corrected chi connectivity index (χ0v) is 15.3. The summed E-state index contributed by atoms with van der Waals surface area (Å²) in [4.78, 5) is 3.70. The lowest BCUT2D eigenvalue weighted by atomic mass is 9.83. The average molecular weight is 354 g/mol. The van der Waals surface area contributed by atoms with Gasteiger partial charge in [0, 0.05) is 29.1 Å². The fourth-order valence-electron chi connectivity index (χ4n) is 4.28. The maximum Gasteiger partial charge on any atom is 0.118 e. The van der Waals surface area contributed by atoms with Crippen LogP contribution in [0.1, 0.15) is 34.3 Å². The van der Waals surface area contributed by atoms with Crippen molar-refractivity contribution in [3.8, 4) is 5.75 Å². The molecule has 0 radical (unpaired) electrons. The molecule has 1 aliphatic heterocycles. The summed E-state index contributed by atoms with van der Waals surface area (Å²) in [5.41, 5.74) is 6.47. The summed E-state index contributed by atoms with van der Waals surface area (Å²) in [5.74, 6) is 1.20. The molecular formula is C24H22N2O. The van der Waals surface area contributed by atoms with E-state index in [0.717, 1.165) is 12.3 Å². The van der Waals surface area contributed by atoms with Gasteiger partial charge in [0.1, 0.15) is 5.75 Å². The zero-order chi connectivity index (χ0) is 18.2. The molecule has 27 heavy (non-hydrogen) atoms. The molecule has 0 fully saturated rings. The van der Waals surface area contributed by atoms with Crippen molar-refractivity contribution in [2.45, 2.75) is 12.0 Å². The van der Waals surface area contributed by atoms with Crippen LogP contribution in [0.5, 0.6) is 5.75 Å². The first-order valence-corrected chi connectivity index (χ1v) is 9.38. The molecule has 134 valence electrons. The Bertz CT molecular complexity index is 1070. The van der Waals surface area contributed by atoms with Crippen molar-refractivity contribution < 1.29 is 4.74 Å². The molecule has 1 aromatic heterocycles. The van der Waals surface area contributed by atoms with Crippen LogP contribution in [-0.2, 0) is 0 Å². The van der Waals surface area contributed by atoms with E-state index in [1.807, 2.05) is 12.1 Å². The molecule has 3 nitrogen and oxygen atoms in total. The molecule has 3 heteroatoms. The Balaban J connectivity index is 1.67. The molecule has 3 aromatic carbocycles. The Hall–Kier alpha value is -3.04. The minimum absolute atomic E-state index is 0.183. The van der Waals surface area contributed by atoms with Gasteiger partial charge in [0.05, 0.1) is 13.2 Å². The van der Waals surface area contributed by atoms with Gasteiger partial charge in [-0.1, -0.05) is 60.7 Å². The van der Waals surface area contributed by atoms with E-state index in [0.29, 0.717) is 5.92 Å². The predicted octanol–water partition coefficient (Wildman–Crippen LogP) is 5.00. The van der Waals surface area contributed by atoms with Crippen LogP contribution in [0.4, 0.5) is 0 Å². The van der Waals surface area contributed by atoms with Gasteiger partial charge in [0.25, 0.3) is 0 Å². The van der Waals surface area contributed by atoms with E-state index < -0.39 is 0 Å². The second-order valence-electron chi connectivity index (χ2n) is 7.08. The summed E-state index contributed by atoms with van der Waals surface area (Å²) < 4.78 is 5.33. The summed E-state index contributed by atoms with van der Waals surface area (Å²) >= 11 is 0. The van der Waals surface area contributed by atoms with Gasteiger partial charge in [-0.15, -0.1) is 0 Å². The molecule has 0 saturated heterocycles. The first kappa shape index (κ1) is 16.2. The Morgan fingerprint density at radius 1 is 0.815 bits per heavy atom. The van der Waals surface area contributed by atoms with Crippen molar-refractivity contribution in [1.29, 1.82) is 0 Å². The van der Waals surface area contributed by atoms with Crippen LogP contribution in [0.2, 0.25) is 0 Å². The third kappa shape index (κ3) is 2.71. The highest BCUT2D eigenvalue weighted by Gasteiger charge is 2.32. The van der Waals surface area contributed by atoms with Gasteiger partial charge >= 0.3 is 0 Å². The van der Waals surface area contributed by atoms with Gasteiger partial charge in [0.2, 0.25) is 0 Å². The van der Waals surface area contributed by atoms with Crippen molar-refractivity contribution in [2.75, 3.05) is 13.7 Å². The van der Waals surface area contributed by atoms with E-state index >= 15 is 0 Å². The molecule has 2 N–H and O–H groups in total. The number of hydrogen-bond donors (Lipinski definition) is 2. The molecule has 0 unspecified atom stereocenters. The first-order valence-electron chi connectivity index (χ1n) is 9.38. The Labute approximate surface area is 159 Å². The maximum absolute atomic E-state index is 5.33. The highest BCUT2D eigenvalue weighted by Crippen LogP contribution is 2.41. The van der Waals surface area contributed by atoms with Gasteiger partial charge in [-0.3, -0.25) is 0 Å². The van der Waals surface area contributed by atoms with E-state index in [9.17, 15) is 0 Å². The Morgan fingerprint density at radius 3 is 2.33 bits per heavy atom. The molecule has 0 aliphatic carbocycles. The van der Waals surface area contributed by atoms with Crippen LogP contribution in [-0.4, -0.2) is 18.6 Å². The number of hydrogen-bond acceptors (Lipinski definition) is 2. The molecular weight excluding hydrogens is 332 g/mol. The number of nitrogens with one attached hydrogen (secondary N) is 2. The quantitative estimate of drug-likeness (QED) is 0.543. The van der Waals surface area contributed by atoms with E-state index in [-0.39, 0.29) is 6.04 Å². The summed E-state index contributed by atoms with van der Waals surface area (Å²) in [7, 11) is 1.71. The van der Waals surface area contributed by atoms with Gasteiger partial charge < -0.3 is 15.0 Å². The van der Waals surface area contributed by atoms with Crippen LogP contribution < -0.4 is 10.1 Å². The monoisotopic (exact) mass is 354 g/mol. The summed E-state index contributed by atoms with van der Waals surface area (Å²) in [6, 6.07) is 27.9. The number of aromatic nitrogens is 1. The van der Waals surface area contributed by atoms with E-state index in [4.69, 9.17) is 4.74 Å². The number of para-hydroxylation sites is 1. The largest absolute Gasteiger partial charge is 0.497 e. The van der Waals surface area contributed by atoms with Gasteiger partial charge in [-0.05, 0) is 34.9 Å². The second-order valence-corrected chi connectivity index (χ2v) is 7.08. The smallest absolute Gasteiger partial charge is 0.118 e. The number of H-pyrrole nitrogens is 1. The van der Waals surface area contributed by atoms with E-state index in [1.165, 1.54) is 33.3 Å². The number of fused-ring (bicyclic) bond motifs is 3. The molecule has 5 rings (SSSR count). The standard InChI is InChI=1S/C24H22N2O/c1-27-18-13-11-16(12-14-18)20-15-25-23(17-7-3-2-4-8-17)24-22(20)19-9-5-6-10-21(19)26-24/h2-14,20,23,25-26H,15H2,1H3/t20-,23+/m0/s1. The average Bonchev–Trinajstić information content (AvgIpc) is 3.13. The summed E-state index contributed by atoms with van der Waals surface area (Å²) in [6.45, 7) is 0.904. The van der Waals surface area contributed by atoms with Crippen molar-refractivity contribution >= 4 is 10.9 Å². The normalized spacial score (nSPS) is 19.0. The lowest BCUT2D eigenvalue weighted by molar-refractivity contribution is 0.414. The van der Waals surface area contributed by atoms with Crippen LogP contribution in [0.15, 0.2) is 78.9 Å². The molecule has 2 heterocycles. The van der Waals surface area contributed by atoms with Crippen molar-refractivity contribution in [2.24, 2.45) is 0 Å². The van der Waals surface area contributed by atoms with Gasteiger partial charge in [0.15, 0.2) is 0 Å². The predicted molar refractivity (Wildman–Crippen MR) is 109 cm³/mol. The topological polar surface area (TPSA) is 37.0 Å². The summed E-state index contributed by atoms with van der Waals surface area (Å²) in [6.07, 6.45) is 0. The van der Waals surface area contributed by atoms with Crippen LogP contribution in [0, 0.1) is 0 Å². The van der Waals surface area contributed by atoms with E-state index in [2.05, 4.69) is 77.0 Å². The number of aromatic amines is 1. The highest BCUT2D eigenvalue weighted by molar-refractivity contribution is 5.86. The third-order valence-electron chi connectivity index (χ3n) is 5.59. The minimum atomic E-state index is 0.183. The number of ether oxygens (including phenoxy) is 1. The van der Waals surface area contributed by atoms with Crippen LogP contribution in [0.25, 0.3) is 10.9 Å². The lowest BCUT2D eigenvalue weighted by Gasteiger charge is -2.31. The molecule has 0 amide bonds. The van der Waals surface area contributed by atoms with Crippen molar-refractivity contribution in [3.05, 3.63) is 101 Å². The lowest BCUT2D eigenvalue weighted by Crippen LogP contribution is -2.34. The van der Waals surface area contributed by atoms with Crippen LogP contribution >= 0.6 is 0 Å². The molecule has 0 bridgehead atoms. The van der Waals surface area contributed by atoms with Gasteiger partial charge in [-0.25, -0.2) is 0 Å².